The van der Waals surface area contributed by atoms with Crippen LogP contribution in [-0.4, -0.2) is 18.5 Å². The highest BCUT2D eigenvalue weighted by molar-refractivity contribution is 7.21. The lowest BCUT2D eigenvalue weighted by atomic mass is 10.1. The third-order valence-corrected chi connectivity index (χ3v) is 4.87. The SMILES string of the molecule is Cc1c(C(=O)OCC(=O)Nc2ccc(F)cc2F)sc2cccc(F)c12. The summed E-state index contributed by atoms with van der Waals surface area (Å²) in [7, 11) is 0. The molecule has 3 rings (SSSR count). The van der Waals surface area contributed by atoms with Gasteiger partial charge in [-0.15, -0.1) is 11.3 Å². The predicted octanol–water partition coefficient (Wildman–Crippen LogP) is 4.42. The maximum absolute atomic E-state index is 13.9. The number of fused-ring (bicyclic) bond motifs is 1. The predicted molar refractivity (Wildman–Crippen MR) is 91.8 cm³/mol. The molecule has 0 spiro atoms. The molecule has 3 aromatic rings. The first kappa shape index (κ1) is 17.9. The summed E-state index contributed by atoms with van der Waals surface area (Å²) in [5, 5.41) is 2.52. The molecule has 1 aromatic heterocycles. The molecule has 1 heterocycles. The number of hydrogen-bond acceptors (Lipinski definition) is 4. The molecule has 0 bridgehead atoms. The molecule has 26 heavy (non-hydrogen) atoms. The number of amides is 1. The zero-order valence-corrected chi connectivity index (χ0v) is 14.3. The van der Waals surface area contributed by atoms with Crippen molar-refractivity contribution in [2.45, 2.75) is 6.92 Å². The summed E-state index contributed by atoms with van der Waals surface area (Å²) in [6.07, 6.45) is 0. The van der Waals surface area contributed by atoms with Crippen LogP contribution < -0.4 is 5.32 Å². The second-order valence-electron chi connectivity index (χ2n) is 5.42. The Morgan fingerprint density at radius 3 is 2.58 bits per heavy atom. The Labute approximate surface area is 150 Å². The molecule has 134 valence electrons. The van der Waals surface area contributed by atoms with Crippen LogP contribution in [0.2, 0.25) is 0 Å². The first-order valence-corrected chi connectivity index (χ1v) is 8.28. The number of halogens is 3. The summed E-state index contributed by atoms with van der Waals surface area (Å²) in [5.74, 6) is -3.73. The highest BCUT2D eigenvalue weighted by atomic mass is 32.1. The number of carbonyl (C=O) groups excluding carboxylic acids is 2. The van der Waals surface area contributed by atoms with Crippen LogP contribution in [-0.2, 0) is 9.53 Å². The van der Waals surface area contributed by atoms with Crippen molar-refractivity contribution in [3.8, 4) is 0 Å². The monoisotopic (exact) mass is 379 g/mol. The quantitative estimate of drug-likeness (QED) is 0.683. The van der Waals surface area contributed by atoms with Crippen molar-refractivity contribution in [3.63, 3.8) is 0 Å². The highest BCUT2D eigenvalue weighted by Crippen LogP contribution is 2.32. The minimum Gasteiger partial charge on any atom is -0.451 e. The first-order chi connectivity index (χ1) is 12.4. The molecule has 0 aliphatic rings. The highest BCUT2D eigenvalue weighted by Gasteiger charge is 2.20. The average molecular weight is 379 g/mol. The summed E-state index contributed by atoms with van der Waals surface area (Å²) in [6.45, 7) is 0.929. The molecule has 8 heteroatoms. The molecule has 2 aromatic carbocycles. The normalized spacial score (nSPS) is 10.8. The summed E-state index contributed by atoms with van der Waals surface area (Å²) < 4.78 is 45.7. The zero-order chi connectivity index (χ0) is 18.8. The van der Waals surface area contributed by atoms with E-state index in [0.717, 1.165) is 23.5 Å². The summed E-state index contributed by atoms with van der Waals surface area (Å²) in [6, 6.07) is 7.17. The zero-order valence-electron chi connectivity index (χ0n) is 13.4. The van der Waals surface area contributed by atoms with Gasteiger partial charge in [-0.25, -0.2) is 18.0 Å². The topological polar surface area (TPSA) is 55.4 Å². The number of aryl methyl sites for hydroxylation is 1. The van der Waals surface area contributed by atoms with Crippen molar-refractivity contribution in [1.29, 1.82) is 0 Å². The van der Waals surface area contributed by atoms with E-state index in [2.05, 4.69) is 5.32 Å². The van der Waals surface area contributed by atoms with Crippen LogP contribution in [0.1, 0.15) is 15.2 Å². The Hall–Kier alpha value is -2.87. The largest absolute Gasteiger partial charge is 0.451 e. The Morgan fingerprint density at radius 2 is 1.88 bits per heavy atom. The minimum atomic E-state index is -0.944. The molecular weight excluding hydrogens is 367 g/mol. The van der Waals surface area contributed by atoms with Gasteiger partial charge >= 0.3 is 5.97 Å². The van der Waals surface area contributed by atoms with Crippen molar-refractivity contribution in [1.82, 2.24) is 0 Å². The molecule has 0 saturated heterocycles. The smallest absolute Gasteiger partial charge is 0.349 e. The van der Waals surface area contributed by atoms with Crippen molar-refractivity contribution in [3.05, 3.63) is 64.3 Å². The van der Waals surface area contributed by atoms with E-state index in [0.29, 0.717) is 21.7 Å². The fraction of sp³-hybridized carbons (Fsp3) is 0.111. The molecule has 0 unspecified atom stereocenters. The van der Waals surface area contributed by atoms with Gasteiger partial charge in [0, 0.05) is 16.2 Å². The average Bonchev–Trinajstić information content (AvgIpc) is 2.93. The number of carbonyl (C=O) groups is 2. The molecule has 1 amide bonds. The fourth-order valence-corrected chi connectivity index (χ4v) is 3.54. The van der Waals surface area contributed by atoms with Crippen LogP contribution in [0.15, 0.2) is 36.4 Å². The lowest BCUT2D eigenvalue weighted by Gasteiger charge is -2.07. The van der Waals surface area contributed by atoms with E-state index in [4.69, 9.17) is 4.74 Å². The van der Waals surface area contributed by atoms with Crippen LogP contribution >= 0.6 is 11.3 Å². The second kappa shape index (κ2) is 7.17. The van der Waals surface area contributed by atoms with Crippen molar-refractivity contribution in [2.75, 3.05) is 11.9 Å². The summed E-state index contributed by atoms with van der Waals surface area (Å²) in [4.78, 5) is 24.2. The van der Waals surface area contributed by atoms with Gasteiger partial charge in [0.05, 0.1) is 5.69 Å². The lowest BCUT2D eigenvalue weighted by molar-refractivity contribution is -0.119. The Morgan fingerprint density at radius 1 is 1.12 bits per heavy atom. The number of thiophene rings is 1. The maximum Gasteiger partial charge on any atom is 0.349 e. The number of ether oxygens (including phenoxy) is 1. The number of anilines is 1. The number of esters is 1. The van der Waals surface area contributed by atoms with E-state index in [9.17, 15) is 22.8 Å². The number of hydrogen-bond donors (Lipinski definition) is 1. The van der Waals surface area contributed by atoms with Gasteiger partial charge in [0.15, 0.2) is 6.61 Å². The molecule has 0 atom stereocenters. The molecule has 0 aliphatic heterocycles. The van der Waals surface area contributed by atoms with Gasteiger partial charge in [0.25, 0.3) is 5.91 Å². The van der Waals surface area contributed by atoms with Crippen LogP contribution in [0.25, 0.3) is 10.1 Å². The molecule has 1 N–H and O–H groups in total. The van der Waals surface area contributed by atoms with Crippen molar-refractivity contribution >= 4 is 39.0 Å². The number of benzene rings is 2. The van der Waals surface area contributed by atoms with Crippen LogP contribution in [0.4, 0.5) is 18.9 Å². The Kier molecular flexibility index (Phi) is 4.94. The fourth-order valence-electron chi connectivity index (χ4n) is 2.42. The molecule has 0 fully saturated rings. The molecule has 0 radical (unpaired) electrons. The van der Waals surface area contributed by atoms with Crippen molar-refractivity contribution in [2.24, 2.45) is 0 Å². The van der Waals surface area contributed by atoms with Gasteiger partial charge in [0.2, 0.25) is 0 Å². The third kappa shape index (κ3) is 3.55. The number of rotatable bonds is 4. The van der Waals surface area contributed by atoms with E-state index < -0.39 is 35.9 Å². The second-order valence-corrected chi connectivity index (χ2v) is 6.47. The van der Waals surface area contributed by atoms with E-state index >= 15 is 0 Å². The number of nitrogens with one attached hydrogen (secondary N) is 1. The standard InChI is InChI=1S/C18H12F3NO3S/c1-9-16-11(20)3-2-4-14(16)26-17(9)18(24)25-8-15(23)22-13-6-5-10(19)7-12(13)21/h2-7H,8H2,1H3,(H,22,23). The van der Waals surface area contributed by atoms with E-state index in [1.165, 1.54) is 12.1 Å². The Bertz CT molecular complexity index is 1020. The molecule has 4 nitrogen and oxygen atoms in total. The van der Waals surface area contributed by atoms with E-state index in [-0.39, 0.29) is 10.6 Å². The van der Waals surface area contributed by atoms with E-state index in [1.807, 2.05) is 0 Å². The third-order valence-electron chi connectivity index (χ3n) is 3.63. The van der Waals surface area contributed by atoms with Gasteiger partial charge in [-0.1, -0.05) is 6.07 Å². The van der Waals surface area contributed by atoms with Crippen molar-refractivity contribution < 1.29 is 27.5 Å². The molecule has 0 saturated carbocycles. The maximum atomic E-state index is 13.9. The van der Waals surface area contributed by atoms with Crippen LogP contribution in [0.3, 0.4) is 0 Å². The first-order valence-electron chi connectivity index (χ1n) is 7.46. The van der Waals surface area contributed by atoms with Gasteiger partial charge in [-0.05, 0) is 36.8 Å². The molecular formula is C18H12F3NO3S. The lowest BCUT2D eigenvalue weighted by Crippen LogP contribution is -2.21. The minimum absolute atomic E-state index is 0.186. The van der Waals surface area contributed by atoms with Gasteiger partial charge in [-0.2, -0.15) is 0 Å². The molecule has 0 aliphatic carbocycles. The van der Waals surface area contributed by atoms with Gasteiger partial charge in [-0.3, -0.25) is 4.79 Å². The van der Waals surface area contributed by atoms with Gasteiger partial charge < -0.3 is 10.1 Å². The summed E-state index contributed by atoms with van der Waals surface area (Å²) >= 11 is 1.06. The van der Waals surface area contributed by atoms with E-state index in [1.54, 1.807) is 13.0 Å². The van der Waals surface area contributed by atoms with Crippen LogP contribution in [0.5, 0.6) is 0 Å². The summed E-state index contributed by atoms with van der Waals surface area (Å²) in [5.41, 5.74) is 0.200. The van der Waals surface area contributed by atoms with Gasteiger partial charge in [0.1, 0.15) is 22.3 Å². The Balaban J connectivity index is 1.68. The van der Waals surface area contributed by atoms with Crippen LogP contribution in [0, 0.1) is 24.4 Å².